The van der Waals surface area contributed by atoms with Gasteiger partial charge in [-0.05, 0) is 51.6 Å². The Morgan fingerprint density at radius 1 is 0.333 bits per heavy atom. The molecule has 0 atom stereocenters. The first-order valence-corrected chi connectivity index (χ1v) is 15.4. The predicted molar refractivity (Wildman–Crippen MR) is 154 cm³/mol. The summed E-state index contributed by atoms with van der Waals surface area (Å²) in [6, 6.07) is 0. The lowest BCUT2D eigenvalue weighted by atomic mass is 10.1. The van der Waals surface area contributed by atoms with Gasteiger partial charge in [-0.3, -0.25) is 0 Å². The lowest BCUT2D eigenvalue weighted by molar-refractivity contribution is 0.551. The third kappa shape index (κ3) is 39.2. The molecule has 2 heteroatoms. The van der Waals surface area contributed by atoms with E-state index in [-0.39, 0.29) is 0 Å². The molecule has 0 spiro atoms. The zero-order valence-electron chi connectivity index (χ0n) is 23.4. The molecule has 0 radical (unpaired) electrons. The van der Waals surface area contributed by atoms with Gasteiger partial charge in [0.1, 0.15) is 0 Å². The summed E-state index contributed by atoms with van der Waals surface area (Å²) in [5.41, 5.74) is 10.9. The molecule has 0 unspecified atom stereocenters. The monoisotopic (exact) mass is 467 g/mol. The lowest BCUT2D eigenvalue weighted by Crippen LogP contribution is -1.97. The van der Waals surface area contributed by atoms with Crippen molar-refractivity contribution in [2.75, 3.05) is 13.1 Å². The standard InChI is InChI=1S/C18H37N.C13H29N/c1-2-3-4-5-6-7-8-9-10-11-12-13-14-15-16-17-18-19;1-2-3-4-5-6-7-8-9-10-11-12-13-14/h9-10H,2-8,11-19H2,1H3;2-14H2,1H3. The molecule has 0 fully saturated rings. The van der Waals surface area contributed by atoms with E-state index < -0.39 is 0 Å². The van der Waals surface area contributed by atoms with Crippen molar-refractivity contribution < 1.29 is 0 Å². The fraction of sp³-hybridized carbons (Fsp3) is 0.935. The molecule has 0 aliphatic rings. The molecule has 4 N–H and O–H groups in total. The summed E-state index contributed by atoms with van der Waals surface area (Å²) < 4.78 is 0. The second-order valence-electron chi connectivity index (χ2n) is 10.1. The molecule has 0 rings (SSSR count). The van der Waals surface area contributed by atoms with Crippen LogP contribution in [0.5, 0.6) is 0 Å². The summed E-state index contributed by atoms with van der Waals surface area (Å²) >= 11 is 0. The van der Waals surface area contributed by atoms with Crippen LogP contribution in [0, 0.1) is 0 Å². The van der Waals surface area contributed by atoms with Gasteiger partial charge in [-0.15, -0.1) is 0 Å². The van der Waals surface area contributed by atoms with Crippen molar-refractivity contribution in [1.82, 2.24) is 0 Å². The Morgan fingerprint density at radius 2 is 0.576 bits per heavy atom. The van der Waals surface area contributed by atoms with Crippen molar-refractivity contribution in [3.8, 4) is 0 Å². The van der Waals surface area contributed by atoms with Crippen molar-refractivity contribution in [3.63, 3.8) is 0 Å². The topological polar surface area (TPSA) is 52.0 Å². The average molecular weight is 467 g/mol. The quantitative estimate of drug-likeness (QED) is 0.0983. The van der Waals surface area contributed by atoms with Crippen LogP contribution >= 0.6 is 0 Å². The highest BCUT2D eigenvalue weighted by molar-refractivity contribution is 4.81. The van der Waals surface area contributed by atoms with Crippen LogP contribution in [0.1, 0.15) is 174 Å². The van der Waals surface area contributed by atoms with Gasteiger partial charge in [0, 0.05) is 0 Å². The number of hydrogen-bond donors (Lipinski definition) is 2. The number of nitrogens with two attached hydrogens (primary N) is 2. The van der Waals surface area contributed by atoms with E-state index in [0.29, 0.717) is 0 Å². The van der Waals surface area contributed by atoms with Gasteiger partial charge < -0.3 is 11.5 Å². The second kappa shape index (κ2) is 36.2. The molecule has 0 aromatic heterocycles. The zero-order valence-corrected chi connectivity index (χ0v) is 23.4. The largest absolute Gasteiger partial charge is 0.330 e. The van der Waals surface area contributed by atoms with Gasteiger partial charge >= 0.3 is 0 Å². The summed E-state index contributed by atoms with van der Waals surface area (Å²) in [6.45, 7) is 6.29. The Kier molecular flexibility index (Phi) is 38.2. The lowest BCUT2D eigenvalue weighted by Gasteiger charge is -2.01. The predicted octanol–water partition coefficient (Wildman–Crippen LogP) is 10.2. The highest BCUT2D eigenvalue weighted by Gasteiger charge is 1.92. The van der Waals surface area contributed by atoms with Crippen molar-refractivity contribution in [2.24, 2.45) is 11.5 Å². The summed E-state index contributed by atoms with van der Waals surface area (Å²) in [4.78, 5) is 0. The Morgan fingerprint density at radius 3 is 0.848 bits per heavy atom. The highest BCUT2D eigenvalue weighted by Crippen LogP contribution is 2.11. The van der Waals surface area contributed by atoms with Crippen molar-refractivity contribution >= 4 is 0 Å². The molecule has 200 valence electrons. The minimum atomic E-state index is 0.862. The van der Waals surface area contributed by atoms with Crippen LogP contribution in [-0.4, -0.2) is 13.1 Å². The molecule has 0 aliphatic heterocycles. The zero-order chi connectivity index (χ0) is 24.5. The molecule has 0 heterocycles. The summed E-state index contributed by atoms with van der Waals surface area (Å²) in [7, 11) is 0. The van der Waals surface area contributed by atoms with Gasteiger partial charge in [-0.2, -0.15) is 0 Å². The van der Waals surface area contributed by atoms with Crippen molar-refractivity contribution in [3.05, 3.63) is 12.2 Å². The van der Waals surface area contributed by atoms with Crippen LogP contribution in [0.2, 0.25) is 0 Å². The maximum atomic E-state index is 5.47. The Bertz CT molecular complexity index is 315. The van der Waals surface area contributed by atoms with E-state index in [1.54, 1.807) is 0 Å². The fourth-order valence-electron chi connectivity index (χ4n) is 4.20. The van der Waals surface area contributed by atoms with Crippen LogP contribution < -0.4 is 11.5 Å². The Labute approximate surface area is 211 Å². The van der Waals surface area contributed by atoms with Crippen LogP contribution in [0.3, 0.4) is 0 Å². The van der Waals surface area contributed by atoms with Gasteiger partial charge in [0.05, 0.1) is 0 Å². The van der Waals surface area contributed by atoms with Crippen molar-refractivity contribution in [2.45, 2.75) is 174 Å². The van der Waals surface area contributed by atoms with E-state index in [1.807, 2.05) is 0 Å². The van der Waals surface area contributed by atoms with E-state index in [1.165, 1.54) is 161 Å². The SMILES string of the molecule is CCCCCCCCC=CCCCCCCCCN.CCCCCCCCCCCCCN. The molecule has 0 aromatic carbocycles. The minimum Gasteiger partial charge on any atom is -0.330 e. The highest BCUT2D eigenvalue weighted by atomic mass is 14.5. The second-order valence-corrected chi connectivity index (χ2v) is 10.1. The van der Waals surface area contributed by atoms with E-state index in [0.717, 1.165) is 13.1 Å². The molecular weight excluding hydrogens is 400 g/mol. The smallest absolute Gasteiger partial charge is 0.00773 e. The third-order valence-electron chi connectivity index (χ3n) is 6.52. The Hall–Kier alpha value is -0.340. The maximum absolute atomic E-state index is 5.47. The molecule has 0 aromatic rings. The van der Waals surface area contributed by atoms with E-state index in [2.05, 4.69) is 26.0 Å². The summed E-state index contributed by atoms with van der Waals surface area (Å²) in [5.74, 6) is 0. The van der Waals surface area contributed by atoms with Gasteiger partial charge in [0.15, 0.2) is 0 Å². The molecule has 0 aliphatic carbocycles. The first-order chi connectivity index (χ1) is 16.3. The fourth-order valence-corrected chi connectivity index (χ4v) is 4.20. The normalized spacial score (nSPS) is 11.2. The van der Waals surface area contributed by atoms with E-state index in [4.69, 9.17) is 11.5 Å². The average Bonchev–Trinajstić information content (AvgIpc) is 2.83. The van der Waals surface area contributed by atoms with Crippen LogP contribution in [-0.2, 0) is 0 Å². The number of unbranched alkanes of at least 4 members (excludes halogenated alkanes) is 22. The number of allylic oxidation sites excluding steroid dienone is 2. The molecule has 0 amide bonds. The van der Waals surface area contributed by atoms with Gasteiger partial charge in [0.2, 0.25) is 0 Å². The van der Waals surface area contributed by atoms with Crippen molar-refractivity contribution in [1.29, 1.82) is 0 Å². The van der Waals surface area contributed by atoms with Gasteiger partial charge in [-0.25, -0.2) is 0 Å². The van der Waals surface area contributed by atoms with Crippen LogP contribution in [0.25, 0.3) is 0 Å². The molecule has 0 saturated heterocycles. The number of hydrogen-bond acceptors (Lipinski definition) is 2. The van der Waals surface area contributed by atoms with Crippen LogP contribution in [0.4, 0.5) is 0 Å². The summed E-state index contributed by atoms with van der Waals surface area (Å²) in [6.07, 6.45) is 39.3. The van der Waals surface area contributed by atoms with E-state index >= 15 is 0 Å². The van der Waals surface area contributed by atoms with Gasteiger partial charge in [-0.1, -0.05) is 148 Å². The first kappa shape index (κ1) is 34.8. The third-order valence-corrected chi connectivity index (χ3v) is 6.52. The molecule has 33 heavy (non-hydrogen) atoms. The minimum absolute atomic E-state index is 0.862. The molecule has 0 saturated carbocycles. The molecule has 2 nitrogen and oxygen atoms in total. The maximum Gasteiger partial charge on any atom is -0.00773 e. The van der Waals surface area contributed by atoms with Crippen LogP contribution in [0.15, 0.2) is 12.2 Å². The van der Waals surface area contributed by atoms with Gasteiger partial charge in [0.25, 0.3) is 0 Å². The first-order valence-electron chi connectivity index (χ1n) is 15.4. The van der Waals surface area contributed by atoms with E-state index in [9.17, 15) is 0 Å². The Balaban J connectivity index is 0. The summed E-state index contributed by atoms with van der Waals surface area (Å²) in [5, 5.41) is 0. The molecule has 0 bridgehead atoms. The number of rotatable bonds is 26. The molecular formula is C31H66N2.